The minimum absolute atomic E-state index is 0.171. The molecule has 0 fully saturated rings. The highest BCUT2D eigenvalue weighted by Gasteiger charge is 2.15. The molecule has 29 heavy (non-hydrogen) atoms. The van der Waals surface area contributed by atoms with Crippen LogP contribution in [0.15, 0.2) is 71.7 Å². The fraction of sp³-hybridized carbons (Fsp3) is 0.174. The maximum Gasteiger partial charge on any atom is 0.292 e. The highest BCUT2D eigenvalue weighted by molar-refractivity contribution is 5.82. The molecule has 148 valence electrons. The average Bonchev–Trinajstić information content (AvgIpc) is 2.78. The highest BCUT2D eigenvalue weighted by Crippen LogP contribution is 2.25. The van der Waals surface area contributed by atoms with Crippen molar-refractivity contribution in [2.45, 2.75) is 20.8 Å². The number of fused-ring (bicyclic) bond motifs is 1. The third-order valence-corrected chi connectivity index (χ3v) is 4.59. The first-order valence-electron chi connectivity index (χ1n) is 9.53. The van der Waals surface area contributed by atoms with E-state index in [-0.39, 0.29) is 5.65 Å². The second-order valence-corrected chi connectivity index (χ2v) is 6.33. The molecule has 0 aliphatic carbocycles. The fourth-order valence-electron chi connectivity index (χ4n) is 3.07. The van der Waals surface area contributed by atoms with E-state index in [9.17, 15) is 10.0 Å². The van der Waals surface area contributed by atoms with Crippen LogP contribution in [-0.4, -0.2) is 27.0 Å². The Morgan fingerprint density at radius 3 is 2.31 bits per heavy atom. The Hall–Kier alpha value is -3.67. The van der Waals surface area contributed by atoms with Gasteiger partial charge in [-0.2, -0.15) is 4.98 Å². The van der Waals surface area contributed by atoms with Crippen LogP contribution in [-0.2, 0) is 0 Å². The third kappa shape index (κ3) is 3.82. The molecule has 0 atom stereocenters. The van der Waals surface area contributed by atoms with Crippen molar-refractivity contribution in [1.82, 2.24) is 14.7 Å². The Morgan fingerprint density at radius 2 is 1.62 bits per heavy atom. The van der Waals surface area contributed by atoms with Crippen LogP contribution in [0.5, 0.6) is 0 Å². The normalized spacial score (nSPS) is 10.3. The predicted molar refractivity (Wildman–Crippen MR) is 117 cm³/mol. The van der Waals surface area contributed by atoms with Crippen molar-refractivity contribution >= 4 is 22.7 Å². The Morgan fingerprint density at radius 1 is 0.966 bits per heavy atom. The molecule has 0 spiro atoms. The molecule has 2 aromatic heterocycles. The van der Waals surface area contributed by atoms with E-state index in [1.807, 2.05) is 82.4 Å². The quantitative estimate of drug-likeness (QED) is 0.511. The van der Waals surface area contributed by atoms with Crippen molar-refractivity contribution in [3.05, 3.63) is 82.8 Å². The van der Waals surface area contributed by atoms with E-state index in [1.54, 1.807) is 17.2 Å². The average molecular weight is 388 g/mol. The summed E-state index contributed by atoms with van der Waals surface area (Å²) in [5.74, 6) is 0.388. The van der Waals surface area contributed by atoms with Gasteiger partial charge in [0.25, 0.3) is 5.56 Å². The van der Waals surface area contributed by atoms with Crippen molar-refractivity contribution in [3.63, 3.8) is 0 Å². The van der Waals surface area contributed by atoms with E-state index >= 15 is 0 Å². The van der Waals surface area contributed by atoms with Gasteiger partial charge < -0.3 is 10.1 Å². The maximum absolute atomic E-state index is 12.7. The number of hydrogen-bond acceptors (Lipinski definition) is 5. The van der Waals surface area contributed by atoms with Gasteiger partial charge in [0.15, 0.2) is 5.65 Å². The molecule has 6 heteroatoms. The summed E-state index contributed by atoms with van der Waals surface area (Å²) in [5.41, 5.74) is 2.71. The first-order chi connectivity index (χ1) is 14.1. The van der Waals surface area contributed by atoms with Gasteiger partial charge in [-0.15, -0.1) is 4.73 Å². The smallest absolute Gasteiger partial charge is 0.292 e. The zero-order valence-corrected chi connectivity index (χ0v) is 17.0. The Labute approximate surface area is 169 Å². The third-order valence-electron chi connectivity index (χ3n) is 4.59. The number of anilines is 2. The molecule has 0 aliphatic rings. The zero-order valence-electron chi connectivity index (χ0n) is 17.0. The molecule has 0 bridgehead atoms. The number of aromatic nitrogens is 3. The fourth-order valence-corrected chi connectivity index (χ4v) is 3.07. The van der Waals surface area contributed by atoms with Gasteiger partial charge in [0, 0.05) is 24.3 Å². The molecular formula is C23H24N4O2. The number of benzene rings is 2. The number of hydrogen-bond donors (Lipinski definition) is 1. The second kappa shape index (κ2) is 8.56. The molecule has 0 unspecified atom stereocenters. The van der Waals surface area contributed by atoms with Crippen LogP contribution in [0.3, 0.4) is 0 Å². The molecule has 0 amide bonds. The zero-order chi connectivity index (χ0) is 21.0. The molecule has 0 aliphatic heterocycles. The second-order valence-electron chi connectivity index (χ2n) is 6.33. The molecule has 1 N–H and O–H groups in total. The summed E-state index contributed by atoms with van der Waals surface area (Å²) in [6.45, 7) is 5.93. The van der Waals surface area contributed by atoms with Gasteiger partial charge in [0.1, 0.15) is 0 Å². The van der Waals surface area contributed by atoms with Crippen LogP contribution < -0.4 is 10.5 Å². The summed E-state index contributed by atoms with van der Waals surface area (Å²) < 4.78 is 0.598. The van der Waals surface area contributed by atoms with Gasteiger partial charge in [0.2, 0.25) is 5.95 Å². The largest absolute Gasteiger partial charge is 0.423 e. The van der Waals surface area contributed by atoms with Crippen LogP contribution in [0.4, 0.5) is 11.6 Å². The lowest BCUT2D eigenvalue weighted by Gasteiger charge is -2.17. The summed E-state index contributed by atoms with van der Waals surface area (Å²) in [4.78, 5) is 23.3. The minimum atomic E-state index is -0.510. The summed E-state index contributed by atoms with van der Waals surface area (Å²) >= 11 is 0. The first kappa shape index (κ1) is 20.1. The number of aryl methyl sites for hydroxylation is 1. The SMILES string of the molecule is CC.Cc1ccccc1-c1cc2cnc(N(C)c3ccccc3)nc2n(O)c1=O. The van der Waals surface area contributed by atoms with Gasteiger partial charge in [0.05, 0.1) is 5.56 Å². The number of nitrogens with zero attached hydrogens (tertiary/aromatic N) is 4. The Bertz CT molecular complexity index is 1190. The lowest BCUT2D eigenvalue weighted by Crippen LogP contribution is -2.22. The van der Waals surface area contributed by atoms with E-state index in [1.165, 1.54) is 0 Å². The van der Waals surface area contributed by atoms with E-state index in [2.05, 4.69) is 9.97 Å². The lowest BCUT2D eigenvalue weighted by molar-refractivity contribution is 0.187. The van der Waals surface area contributed by atoms with E-state index in [0.29, 0.717) is 21.6 Å². The van der Waals surface area contributed by atoms with Crippen LogP contribution in [0.1, 0.15) is 19.4 Å². The molecule has 2 heterocycles. The molecule has 4 aromatic rings. The number of pyridine rings is 1. The first-order valence-corrected chi connectivity index (χ1v) is 9.53. The Balaban J connectivity index is 0.00000117. The van der Waals surface area contributed by atoms with Crippen molar-refractivity contribution < 1.29 is 5.21 Å². The summed E-state index contributed by atoms with van der Waals surface area (Å²) in [6, 6.07) is 18.9. The number of rotatable bonds is 3. The Kier molecular flexibility index (Phi) is 5.93. The minimum Gasteiger partial charge on any atom is -0.423 e. The van der Waals surface area contributed by atoms with E-state index in [0.717, 1.165) is 16.8 Å². The van der Waals surface area contributed by atoms with Crippen molar-refractivity contribution in [1.29, 1.82) is 0 Å². The molecule has 2 aromatic carbocycles. The van der Waals surface area contributed by atoms with Crippen molar-refractivity contribution in [2.24, 2.45) is 0 Å². The summed E-state index contributed by atoms with van der Waals surface area (Å²) in [5, 5.41) is 11.0. The lowest BCUT2D eigenvalue weighted by atomic mass is 10.0. The van der Waals surface area contributed by atoms with E-state index < -0.39 is 5.56 Å². The molecule has 4 rings (SSSR count). The van der Waals surface area contributed by atoms with Gasteiger partial charge in [-0.25, -0.2) is 4.98 Å². The number of para-hydroxylation sites is 1. The summed E-state index contributed by atoms with van der Waals surface area (Å²) in [6.07, 6.45) is 1.62. The van der Waals surface area contributed by atoms with Crippen molar-refractivity contribution in [2.75, 3.05) is 11.9 Å². The molecule has 0 saturated carbocycles. The van der Waals surface area contributed by atoms with E-state index in [4.69, 9.17) is 0 Å². The molecular weight excluding hydrogens is 364 g/mol. The van der Waals surface area contributed by atoms with Gasteiger partial charge in [-0.1, -0.05) is 56.3 Å². The maximum atomic E-state index is 12.7. The molecule has 6 nitrogen and oxygen atoms in total. The molecule has 0 saturated heterocycles. The standard InChI is InChI=1S/C21H18N4O2.C2H6/c1-14-8-6-7-11-17(14)18-12-15-13-22-21(23-19(15)25(27)20(18)26)24(2)16-9-4-3-5-10-16;1-2/h3-13,27H,1-2H3;1-2H3. The van der Waals surface area contributed by atoms with Crippen LogP contribution in [0, 0.1) is 6.92 Å². The van der Waals surface area contributed by atoms with Gasteiger partial charge in [-0.3, -0.25) is 4.79 Å². The van der Waals surface area contributed by atoms with Crippen LogP contribution >= 0.6 is 0 Å². The predicted octanol–water partition coefficient (Wildman–Crippen LogP) is 4.80. The van der Waals surface area contributed by atoms with Crippen LogP contribution in [0.2, 0.25) is 0 Å². The van der Waals surface area contributed by atoms with Gasteiger partial charge >= 0.3 is 0 Å². The van der Waals surface area contributed by atoms with Crippen LogP contribution in [0.25, 0.3) is 22.2 Å². The highest BCUT2D eigenvalue weighted by atomic mass is 16.5. The van der Waals surface area contributed by atoms with Crippen molar-refractivity contribution in [3.8, 4) is 11.1 Å². The monoisotopic (exact) mass is 388 g/mol. The summed E-state index contributed by atoms with van der Waals surface area (Å²) in [7, 11) is 1.83. The topological polar surface area (TPSA) is 71.2 Å². The molecule has 0 radical (unpaired) electrons. The van der Waals surface area contributed by atoms with Gasteiger partial charge in [-0.05, 0) is 36.2 Å².